The summed E-state index contributed by atoms with van der Waals surface area (Å²) in [6.07, 6.45) is 2.65. The molecule has 0 atom stereocenters. The number of thioether (sulfide) groups is 1. The minimum atomic E-state index is 0. The third-order valence-electron chi connectivity index (χ3n) is 0.697. The minimum absolute atomic E-state index is 0. The fourth-order valence-corrected chi connectivity index (χ4v) is 1.17. The molecule has 0 aromatic heterocycles. The molecule has 0 bridgehead atoms. The van der Waals surface area contributed by atoms with Crippen molar-refractivity contribution in [3.8, 4) is 0 Å². The lowest BCUT2D eigenvalue weighted by Crippen LogP contribution is -1.76. The van der Waals surface area contributed by atoms with Crippen molar-refractivity contribution in [3.63, 3.8) is 0 Å². The maximum Gasteiger partial charge on any atom is 0.0814 e. The highest BCUT2D eigenvalue weighted by molar-refractivity contribution is 7.99. The molecule has 0 N–H and O–H groups in total. The van der Waals surface area contributed by atoms with Gasteiger partial charge in [0.25, 0.3) is 0 Å². The van der Waals surface area contributed by atoms with Gasteiger partial charge < -0.3 is 0 Å². The Morgan fingerprint density at radius 3 is 1.62 bits per heavy atom. The van der Waals surface area contributed by atoms with Gasteiger partial charge in [-0.1, -0.05) is 13.8 Å². The van der Waals surface area contributed by atoms with Crippen molar-refractivity contribution in [2.75, 3.05) is 11.5 Å². The first-order chi connectivity index (χ1) is 3.41. The number of rotatable bonds is 4. The molecule has 0 unspecified atom stereocenters. The molecule has 0 aliphatic rings. The fraction of sp³-hybridized carbons (Fsp3) is 1.00. The summed E-state index contributed by atoms with van der Waals surface area (Å²) in [5.41, 5.74) is 0. The van der Waals surface area contributed by atoms with Crippen molar-refractivity contribution in [1.29, 1.82) is 0 Å². The first kappa shape index (κ1) is 11.2. The Kier molecular flexibility index (Phi) is 14.6. The molecular formula is C6H17BS. The Morgan fingerprint density at radius 2 is 1.38 bits per heavy atom. The SMILES string of the molecule is B.CCCSCCC. The topological polar surface area (TPSA) is 0 Å². The molecule has 0 rings (SSSR count). The summed E-state index contributed by atoms with van der Waals surface area (Å²) in [5.74, 6) is 2.68. The van der Waals surface area contributed by atoms with E-state index >= 15 is 0 Å². The van der Waals surface area contributed by atoms with Gasteiger partial charge in [-0.05, 0) is 24.3 Å². The summed E-state index contributed by atoms with van der Waals surface area (Å²) in [6.45, 7) is 4.45. The molecule has 0 aromatic rings. The van der Waals surface area contributed by atoms with E-state index in [-0.39, 0.29) is 8.41 Å². The van der Waals surface area contributed by atoms with Crippen LogP contribution < -0.4 is 0 Å². The molecule has 8 heavy (non-hydrogen) atoms. The van der Waals surface area contributed by atoms with E-state index < -0.39 is 0 Å². The summed E-state index contributed by atoms with van der Waals surface area (Å²) in [6, 6.07) is 0. The van der Waals surface area contributed by atoms with E-state index in [2.05, 4.69) is 25.6 Å². The van der Waals surface area contributed by atoms with Gasteiger partial charge in [-0.25, -0.2) is 0 Å². The Balaban J connectivity index is 0. The summed E-state index contributed by atoms with van der Waals surface area (Å²) < 4.78 is 0. The normalized spacial score (nSPS) is 8.25. The van der Waals surface area contributed by atoms with E-state index in [0.717, 1.165) is 0 Å². The van der Waals surface area contributed by atoms with Crippen LogP contribution >= 0.6 is 11.8 Å². The van der Waals surface area contributed by atoms with Gasteiger partial charge in [-0.2, -0.15) is 11.8 Å². The smallest absolute Gasteiger partial charge is 0.0814 e. The molecule has 0 heterocycles. The van der Waals surface area contributed by atoms with Crippen molar-refractivity contribution >= 4 is 20.2 Å². The molecule has 0 spiro atoms. The maximum absolute atomic E-state index is 2.22. The number of hydrogen-bond donors (Lipinski definition) is 0. The first-order valence-corrected chi connectivity index (χ1v) is 4.15. The van der Waals surface area contributed by atoms with Gasteiger partial charge in [-0.3, -0.25) is 0 Å². The lowest BCUT2D eigenvalue weighted by molar-refractivity contribution is 1.07. The lowest BCUT2D eigenvalue weighted by atomic mass is 10.6. The minimum Gasteiger partial charge on any atom is -0.162 e. The second-order valence-electron chi connectivity index (χ2n) is 1.61. The maximum atomic E-state index is 2.22. The molecule has 0 radical (unpaired) electrons. The van der Waals surface area contributed by atoms with Crippen LogP contribution in [0.1, 0.15) is 26.7 Å². The van der Waals surface area contributed by atoms with Gasteiger partial charge in [0, 0.05) is 0 Å². The molecule has 0 aromatic carbocycles. The molecule has 0 nitrogen and oxygen atoms in total. The van der Waals surface area contributed by atoms with Crippen molar-refractivity contribution < 1.29 is 0 Å². The first-order valence-electron chi connectivity index (χ1n) is 2.99. The molecule has 2 heteroatoms. The predicted octanol–water partition coefficient (Wildman–Crippen LogP) is 1.36. The highest BCUT2D eigenvalue weighted by Crippen LogP contribution is 2.02. The van der Waals surface area contributed by atoms with Gasteiger partial charge in [-0.15, -0.1) is 0 Å². The molecule has 0 amide bonds. The summed E-state index contributed by atoms with van der Waals surface area (Å²) in [5, 5.41) is 0. The van der Waals surface area contributed by atoms with Crippen LogP contribution in [0.4, 0.5) is 0 Å². The molecule has 0 saturated heterocycles. The van der Waals surface area contributed by atoms with E-state index in [1.165, 1.54) is 24.3 Å². The monoisotopic (exact) mass is 132 g/mol. The van der Waals surface area contributed by atoms with Crippen LogP contribution in [0.15, 0.2) is 0 Å². The van der Waals surface area contributed by atoms with Gasteiger partial charge in [0.1, 0.15) is 0 Å². The van der Waals surface area contributed by atoms with Crippen molar-refractivity contribution in [2.45, 2.75) is 26.7 Å². The Labute approximate surface area is 59.0 Å². The Hall–Kier alpha value is 0.415. The lowest BCUT2D eigenvalue weighted by Gasteiger charge is -1.91. The highest BCUT2D eigenvalue weighted by atomic mass is 32.2. The van der Waals surface area contributed by atoms with E-state index in [9.17, 15) is 0 Å². The quantitative estimate of drug-likeness (QED) is 0.411. The van der Waals surface area contributed by atoms with Crippen LogP contribution in [0.25, 0.3) is 0 Å². The van der Waals surface area contributed by atoms with Crippen molar-refractivity contribution in [1.82, 2.24) is 0 Å². The molecule has 50 valence electrons. The zero-order chi connectivity index (χ0) is 5.54. The van der Waals surface area contributed by atoms with Crippen molar-refractivity contribution in [2.24, 2.45) is 0 Å². The van der Waals surface area contributed by atoms with E-state index in [1.807, 2.05) is 0 Å². The molecular weight excluding hydrogens is 115 g/mol. The van der Waals surface area contributed by atoms with Crippen LogP contribution in [-0.2, 0) is 0 Å². The second kappa shape index (κ2) is 10.4. The third kappa shape index (κ3) is 9.65. The Bertz CT molecular complexity index is 27.7. The summed E-state index contributed by atoms with van der Waals surface area (Å²) >= 11 is 2.05. The zero-order valence-corrected chi connectivity index (χ0v) is 6.05. The van der Waals surface area contributed by atoms with Crippen LogP contribution in [0, 0.1) is 0 Å². The Morgan fingerprint density at radius 1 is 1.00 bits per heavy atom. The summed E-state index contributed by atoms with van der Waals surface area (Å²) in [7, 11) is 0. The molecule has 0 fully saturated rings. The molecule has 0 saturated carbocycles. The average molecular weight is 132 g/mol. The van der Waals surface area contributed by atoms with Gasteiger partial charge in [0.15, 0.2) is 0 Å². The number of hydrogen-bond acceptors (Lipinski definition) is 1. The van der Waals surface area contributed by atoms with Gasteiger partial charge in [0.05, 0.1) is 8.41 Å². The average Bonchev–Trinajstić information content (AvgIpc) is 1.69. The van der Waals surface area contributed by atoms with E-state index in [0.29, 0.717) is 0 Å². The standard InChI is InChI=1S/C6H14S.BH3/c1-3-5-7-6-4-2;/h3-6H2,1-2H3;1H3. The van der Waals surface area contributed by atoms with Gasteiger partial charge in [0.2, 0.25) is 0 Å². The second-order valence-corrected chi connectivity index (χ2v) is 2.84. The van der Waals surface area contributed by atoms with Gasteiger partial charge >= 0.3 is 0 Å². The third-order valence-corrected chi connectivity index (χ3v) is 2.09. The highest BCUT2D eigenvalue weighted by Gasteiger charge is 1.79. The van der Waals surface area contributed by atoms with Crippen molar-refractivity contribution in [3.05, 3.63) is 0 Å². The van der Waals surface area contributed by atoms with E-state index in [1.54, 1.807) is 0 Å². The molecule has 0 aliphatic carbocycles. The van der Waals surface area contributed by atoms with Crippen LogP contribution in [0.3, 0.4) is 0 Å². The van der Waals surface area contributed by atoms with E-state index in [4.69, 9.17) is 0 Å². The van der Waals surface area contributed by atoms with Crippen LogP contribution in [0.2, 0.25) is 0 Å². The predicted molar refractivity (Wildman–Crippen MR) is 47.8 cm³/mol. The fourth-order valence-electron chi connectivity index (χ4n) is 0.391. The summed E-state index contributed by atoms with van der Waals surface area (Å²) in [4.78, 5) is 0. The van der Waals surface area contributed by atoms with Crippen LogP contribution in [-0.4, -0.2) is 19.9 Å². The van der Waals surface area contributed by atoms with Crippen LogP contribution in [0.5, 0.6) is 0 Å². The zero-order valence-electron chi connectivity index (χ0n) is 5.24. The molecule has 0 aliphatic heterocycles. The largest absolute Gasteiger partial charge is 0.162 e.